The van der Waals surface area contributed by atoms with Crippen LogP contribution in [0, 0.1) is 0 Å². The first-order chi connectivity index (χ1) is 13.2. The van der Waals surface area contributed by atoms with Crippen molar-refractivity contribution in [2.75, 3.05) is 18.4 Å². The molecule has 1 fully saturated rings. The van der Waals surface area contributed by atoms with Crippen LogP contribution < -0.4 is 10.6 Å². The predicted octanol–water partition coefficient (Wildman–Crippen LogP) is 3.85. The summed E-state index contributed by atoms with van der Waals surface area (Å²) >= 11 is 1.56. The van der Waals surface area contributed by atoms with Gasteiger partial charge in [-0.15, -0.1) is 11.3 Å². The first kappa shape index (κ1) is 17.5. The topological polar surface area (TPSA) is 74.3 Å². The van der Waals surface area contributed by atoms with Gasteiger partial charge >= 0.3 is 6.03 Å². The molecule has 27 heavy (non-hydrogen) atoms. The van der Waals surface area contributed by atoms with E-state index in [0.717, 1.165) is 41.2 Å². The van der Waals surface area contributed by atoms with Crippen molar-refractivity contribution in [3.63, 3.8) is 0 Å². The highest BCUT2D eigenvalue weighted by Crippen LogP contribution is 2.21. The van der Waals surface area contributed by atoms with Gasteiger partial charge in [-0.05, 0) is 43.2 Å². The molecule has 4 rings (SSSR count). The number of nitrogens with one attached hydrogen (secondary N) is 2. The van der Waals surface area contributed by atoms with Gasteiger partial charge in [0, 0.05) is 24.3 Å². The van der Waals surface area contributed by atoms with Crippen molar-refractivity contribution in [3.8, 4) is 0 Å². The van der Waals surface area contributed by atoms with E-state index in [9.17, 15) is 9.59 Å². The van der Waals surface area contributed by atoms with Gasteiger partial charge in [-0.25, -0.2) is 9.78 Å². The van der Waals surface area contributed by atoms with Crippen LogP contribution in [0.1, 0.15) is 28.2 Å². The molecule has 0 saturated carbocycles. The third kappa shape index (κ3) is 4.09. The number of benzene rings is 2. The van der Waals surface area contributed by atoms with Crippen LogP contribution in [0.3, 0.4) is 0 Å². The van der Waals surface area contributed by atoms with Gasteiger partial charge in [-0.1, -0.05) is 18.2 Å². The maximum atomic E-state index is 12.5. The molecular formula is C20H20N4O2S. The molecule has 2 N–H and O–H groups in total. The fourth-order valence-electron chi connectivity index (χ4n) is 3.16. The SMILES string of the molecule is O=C(NCc1nc2ccccc2s1)Nc1cccc(C(=O)N2CCCC2)c1. The summed E-state index contributed by atoms with van der Waals surface area (Å²) in [4.78, 5) is 31.0. The number of hydrogen-bond donors (Lipinski definition) is 2. The number of rotatable bonds is 4. The Hall–Kier alpha value is -2.93. The number of carbonyl (C=O) groups is 2. The molecule has 7 heteroatoms. The number of fused-ring (bicyclic) bond motifs is 1. The molecule has 3 aromatic rings. The molecular weight excluding hydrogens is 360 g/mol. The molecule has 0 bridgehead atoms. The summed E-state index contributed by atoms with van der Waals surface area (Å²) < 4.78 is 1.10. The molecule has 0 radical (unpaired) electrons. The quantitative estimate of drug-likeness (QED) is 0.722. The van der Waals surface area contributed by atoms with Crippen molar-refractivity contribution in [2.24, 2.45) is 0 Å². The average Bonchev–Trinajstić information content (AvgIpc) is 3.35. The molecule has 3 amide bonds. The minimum atomic E-state index is -0.319. The number of urea groups is 1. The van der Waals surface area contributed by atoms with E-state index in [1.54, 1.807) is 35.6 Å². The van der Waals surface area contributed by atoms with Crippen molar-refractivity contribution in [2.45, 2.75) is 19.4 Å². The summed E-state index contributed by atoms with van der Waals surface area (Å²) in [5.74, 6) is 0.0195. The minimum Gasteiger partial charge on any atom is -0.339 e. The van der Waals surface area contributed by atoms with Gasteiger partial charge in [0.15, 0.2) is 0 Å². The minimum absolute atomic E-state index is 0.0195. The van der Waals surface area contributed by atoms with Crippen LogP contribution in [0.15, 0.2) is 48.5 Å². The average molecular weight is 380 g/mol. The van der Waals surface area contributed by atoms with E-state index in [0.29, 0.717) is 17.8 Å². The Labute approximate surface area is 161 Å². The van der Waals surface area contributed by atoms with Crippen LogP contribution >= 0.6 is 11.3 Å². The van der Waals surface area contributed by atoms with Crippen molar-refractivity contribution < 1.29 is 9.59 Å². The first-order valence-electron chi connectivity index (χ1n) is 8.98. The zero-order valence-corrected chi connectivity index (χ0v) is 15.6. The highest BCUT2D eigenvalue weighted by atomic mass is 32.1. The maximum Gasteiger partial charge on any atom is 0.319 e. The van der Waals surface area contributed by atoms with E-state index in [4.69, 9.17) is 0 Å². The van der Waals surface area contributed by atoms with Gasteiger partial charge in [0.2, 0.25) is 0 Å². The number of likely N-dealkylation sites (tertiary alicyclic amines) is 1. The van der Waals surface area contributed by atoms with E-state index in [-0.39, 0.29) is 11.9 Å². The second-order valence-corrected chi connectivity index (χ2v) is 7.58. The summed E-state index contributed by atoms with van der Waals surface area (Å²) in [6, 6.07) is 14.6. The van der Waals surface area contributed by atoms with Gasteiger partial charge < -0.3 is 15.5 Å². The number of para-hydroxylation sites is 1. The van der Waals surface area contributed by atoms with E-state index in [2.05, 4.69) is 15.6 Å². The Kier molecular flexibility index (Phi) is 5.02. The summed E-state index contributed by atoms with van der Waals surface area (Å²) in [5.41, 5.74) is 2.13. The molecule has 1 saturated heterocycles. The van der Waals surface area contributed by atoms with Gasteiger partial charge in [-0.3, -0.25) is 4.79 Å². The molecule has 0 aliphatic carbocycles. The molecule has 0 atom stereocenters. The lowest BCUT2D eigenvalue weighted by molar-refractivity contribution is 0.0793. The van der Waals surface area contributed by atoms with Crippen molar-refractivity contribution in [1.29, 1.82) is 0 Å². The van der Waals surface area contributed by atoms with Gasteiger partial charge in [0.1, 0.15) is 5.01 Å². The van der Waals surface area contributed by atoms with Crippen LogP contribution in [0.25, 0.3) is 10.2 Å². The molecule has 0 spiro atoms. The third-order valence-corrected chi connectivity index (χ3v) is 5.54. The fourth-order valence-corrected chi connectivity index (χ4v) is 4.07. The van der Waals surface area contributed by atoms with E-state index in [1.807, 2.05) is 29.2 Å². The number of amides is 3. The van der Waals surface area contributed by atoms with Gasteiger partial charge in [0.25, 0.3) is 5.91 Å². The molecule has 0 unspecified atom stereocenters. The van der Waals surface area contributed by atoms with Crippen LogP contribution in [-0.2, 0) is 6.54 Å². The Morgan fingerprint density at radius 2 is 1.89 bits per heavy atom. The number of carbonyl (C=O) groups excluding carboxylic acids is 2. The van der Waals surface area contributed by atoms with Crippen molar-refractivity contribution in [3.05, 3.63) is 59.1 Å². The second-order valence-electron chi connectivity index (χ2n) is 6.46. The van der Waals surface area contributed by atoms with Gasteiger partial charge in [0.05, 0.1) is 16.8 Å². The number of hydrogen-bond acceptors (Lipinski definition) is 4. The van der Waals surface area contributed by atoms with Crippen LogP contribution in [-0.4, -0.2) is 34.9 Å². The van der Waals surface area contributed by atoms with Gasteiger partial charge in [-0.2, -0.15) is 0 Å². The molecule has 2 heterocycles. The molecule has 6 nitrogen and oxygen atoms in total. The lowest BCUT2D eigenvalue weighted by Gasteiger charge is -2.15. The Morgan fingerprint density at radius 1 is 1.07 bits per heavy atom. The number of aromatic nitrogens is 1. The van der Waals surface area contributed by atoms with E-state index in [1.165, 1.54) is 0 Å². The fraction of sp³-hybridized carbons (Fsp3) is 0.250. The predicted molar refractivity (Wildman–Crippen MR) is 107 cm³/mol. The zero-order valence-electron chi connectivity index (χ0n) is 14.8. The lowest BCUT2D eigenvalue weighted by atomic mass is 10.2. The summed E-state index contributed by atoms with van der Waals surface area (Å²) in [6.07, 6.45) is 2.11. The normalized spacial score (nSPS) is 13.7. The Balaban J connectivity index is 1.36. The highest BCUT2D eigenvalue weighted by molar-refractivity contribution is 7.18. The lowest BCUT2D eigenvalue weighted by Crippen LogP contribution is -2.29. The molecule has 1 aliphatic rings. The highest BCUT2D eigenvalue weighted by Gasteiger charge is 2.19. The molecule has 138 valence electrons. The largest absolute Gasteiger partial charge is 0.339 e. The van der Waals surface area contributed by atoms with E-state index >= 15 is 0 Å². The monoisotopic (exact) mass is 380 g/mol. The number of anilines is 1. The number of thiazole rings is 1. The third-order valence-electron chi connectivity index (χ3n) is 4.50. The smallest absolute Gasteiger partial charge is 0.319 e. The molecule has 1 aromatic heterocycles. The van der Waals surface area contributed by atoms with Crippen molar-refractivity contribution >= 4 is 39.2 Å². The van der Waals surface area contributed by atoms with E-state index < -0.39 is 0 Å². The molecule has 2 aromatic carbocycles. The van der Waals surface area contributed by atoms with Crippen LogP contribution in [0.4, 0.5) is 10.5 Å². The summed E-state index contributed by atoms with van der Waals surface area (Å²) in [7, 11) is 0. The Morgan fingerprint density at radius 3 is 2.70 bits per heavy atom. The van der Waals surface area contributed by atoms with Crippen LogP contribution in [0.2, 0.25) is 0 Å². The second kappa shape index (κ2) is 7.75. The standard InChI is InChI=1S/C20H20N4O2S/c25-19(24-10-3-4-11-24)14-6-5-7-15(12-14)22-20(26)21-13-18-23-16-8-1-2-9-17(16)27-18/h1-2,5-9,12H,3-4,10-11,13H2,(H2,21,22,26). The zero-order chi connectivity index (χ0) is 18.6. The summed E-state index contributed by atoms with van der Waals surface area (Å²) in [6.45, 7) is 1.97. The summed E-state index contributed by atoms with van der Waals surface area (Å²) in [5, 5.41) is 6.45. The first-order valence-corrected chi connectivity index (χ1v) is 9.79. The number of nitrogens with zero attached hydrogens (tertiary/aromatic N) is 2. The molecule has 1 aliphatic heterocycles. The Bertz CT molecular complexity index is 946. The maximum absolute atomic E-state index is 12.5. The van der Waals surface area contributed by atoms with Crippen LogP contribution in [0.5, 0.6) is 0 Å². The van der Waals surface area contributed by atoms with Crippen molar-refractivity contribution in [1.82, 2.24) is 15.2 Å².